The highest BCUT2D eigenvalue weighted by molar-refractivity contribution is 5.72. The first-order chi connectivity index (χ1) is 9.54. The van der Waals surface area contributed by atoms with Crippen molar-refractivity contribution >= 4 is 5.97 Å². The van der Waals surface area contributed by atoms with Crippen LogP contribution in [0, 0.1) is 5.92 Å². The molecule has 0 heterocycles. The van der Waals surface area contributed by atoms with Crippen molar-refractivity contribution in [3.63, 3.8) is 0 Å². The first-order valence-electron chi connectivity index (χ1n) is 7.27. The summed E-state index contributed by atoms with van der Waals surface area (Å²) in [7, 11) is 1.57. The van der Waals surface area contributed by atoms with Crippen molar-refractivity contribution in [1.82, 2.24) is 5.32 Å². The summed E-state index contributed by atoms with van der Waals surface area (Å²) in [4.78, 5) is 11.6. The van der Waals surface area contributed by atoms with Crippen molar-refractivity contribution in [3.8, 4) is 0 Å². The average Bonchev–Trinajstić information content (AvgIpc) is 2.44. The van der Waals surface area contributed by atoms with Crippen LogP contribution in [0.15, 0.2) is 0 Å². The van der Waals surface area contributed by atoms with Crippen LogP contribution in [-0.4, -0.2) is 61.3 Å². The lowest BCUT2D eigenvalue weighted by molar-refractivity contribution is -0.151. The third kappa shape index (κ3) is 5.36. The second-order valence-electron chi connectivity index (χ2n) is 5.47. The predicted molar refractivity (Wildman–Crippen MR) is 74.3 cm³/mol. The molecule has 0 aliphatic heterocycles. The Kier molecular flexibility index (Phi) is 7.43. The van der Waals surface area contributed by atoms with Crippen molar-refractivity contribution < 1.29 is 24.5 Å². The van der Waals surface area contributed by atoms with Gasteiger partial charge in [-0.2, -0.15) is 0 Å². The Morgan fingerprint density at radius 3 is 2.60 bits per heavy atom. The quantitative estimate of drug-likeness (QED) is 0.548. The van der Waals surface area contributed by atoms with Gasteiger partial charge in [0.1, 0.15) is 0 Å². The van der Waals surface area contributed by atoms with Gasteiger partial charge in [0.25, 0.3) is 0 Å². The zero-order valence-corrected chi connectivity index (χ0v) is 12.4. The van der Waals surface area contributed by atoms with Crippen molar-refractivity contribution in [2.24, 2.45) is 5.92 Å². The highest BCUT2D eigenvalue weighted by atomic mass is 16.5. The number of hydrogen-bond acceptors (Lipinski definition) is 6. The smallest absolute Gasteiger partial charge is 0.308 e. The summed E-state index contributed by atoms with van der Waals surface area (Å²) in [6.07, 6.45) is 2.42. The van der Waals surface area contributed by atoms with Gasteiger partial charge in [0.05, 0.1) is 37.4 Å². The first kappa shape index (κ1) is 17.4. The van der Waals surface area contributed by atoms with Gasteiger partial charge in [-0.15, -0.1) is 0 Å². The molecular weight excluding hydrogens is 262 g/mol. The fourth-order valence-electron chi connectivity index (χ4n) is 2.54. The highest BCUT2D eigenvalue weighted by Gasteiger charge is 2.36. The number of aliphatic hydroxyl groups is 2. The lowest BCUT2D eigenvalue weighted by atomic mass is 9.78. The van der Waals surface area contributed by atoms with Crippen LogP contribution < -0.4 is 5.32 Å². The second kappa shape index (κ2) is 8.56. The minimum atomic E-state index is -0.815. The predicted octanol–water partition coefficient (Wildman–Crippen LogP) is 0.0677. The molecule has 0 radical (unpaired) electrons. The molecule has 0 amide bonds. The molecule has 1 fully saturated rings. The lowest BCUT2D eigenvalue weighted by Gasteiger charge is -2.36. The fourth-order valence-corrected chi connectivity index (χ4v) is 2.54. The van der Waals surface area contributed by atoms with Gasteiger partial charge in [-0.1, -0.05) is 0 Å². The van der Waals surface area contributed by atoms with E-state index in [0.29, 0.717) is 45.4 Å². The van der Waals surface area contributed by atoms with Crippen LogP contribution in [0.25, 0.3) is 0 Å². The molecule has 1 unspecified atom stereocenters. The van der Waals surface area contributed by atoms with Crippen LogP contribution in [0.5, 0.6) is 0 Å². The summed E-state index contributed by atoms with van der Waals surface area (Å²) >= 11 is 0. The largest absolute Gasteiger partial charge is 0.466 e. The molecule has 1 rings (SSSR count). The van der Waals surface area contributed by atoms with Gasteiger partial charge in [0, 0.05) is 13.7 Å². The van der Waals surface area contributed by atoms with E-state index in [1.165, 1.54) is 0 Å². The SMILES string of the molecule is CCOC(=O)C1CCC(O)(CNC(CO)COC)CC1. The summed E-state index contributed by atoms with van der Waals surface area (Å²) in [6, 6.07) is -0.174. The van der Waals surface area contributed by atoms with Gasteiger partial charge >= 0.3 is 5.97 Å². The lowest BCUT2D eigenvalue weighted by Crippen LogP contribution is -2.49. The number of methoxy groups -OCH3 is 1. The number of nitrogens with one attached hydrogen (secondary N) is 1. The molecule has 0 aromatic carbocycles. The minimum absolute atomic E-state index is 0.0324. The van der Waals surface area contributed by atoms with Crippen LogP contribution in [0.3, 0.4) is 0 Å². The average molecular weight is 289 g/mol. The topological polar surface area (TPSA) is 88.0 Å². The monoisotopic (exact) mass is 289 g/mol. The molecule has 3 N–H and O–H groups in total. The molecule has 118 valence electrons. The highest BCUT2D eigenvalue weighted by Crippen LogP contribution is 2.32. The Labute approximate surface area is 120 Å². The van der Waals surface area contributed by atoms with Gasteiger partial charge < -0.3 is 25.0 Å². The Morgan fingerprint density at radius 2 is 2.10 bits per heavy atom. The van der Waals surface area contributed by atoms with E-state index in [4.69, 9.17) is 14.6 Å². The Hall–Kier alpha value is -0.690. The zero-order chi connectivity index (χ0) is 15.0. The molecule has 0 bridgehead atoms. The van der Waals surface area contributed by atoms with Crippen LogP contribution in [-0.2, 0) is 14.3 Å². The zero-order valence-electron chi connectivity index (χ0n) is 12.4. The van der Waals surface area contributed by atoms with Crippen molar-refractivity contribution in [2.75, 3.05) is 33.5 Å². The van der Waals surface area contributed by atoms with Gasteiger partial charge in [0.2, 0.25) is 0 Å². The molecule has 0 aromatic rings. The van der Waals surface area contributed by atoms with E-state index in [2.05, 4.69) is 5.32 Å². The summed E-state index contributed by atoms with van der Waals surface area (Å²) in [5.41, 5.74) is -0.815. The fraction of sp³-hybridized carbons (Fsp3) is 0.929. The molecule has 0 saturated heterocycles. The third-order valence-electron chi connectivity index (χ3n) is 3.84. The Morgan fingerprint density at radius 1 is 1.45 bits per heavy atom. The van der Waals surface area contributed by atoms with Gasteiger partial charge in [0.15, 0.2) is 0 Å². The van der Waals surface area contributed by atoms with Crippen LogP contribution in [0.4, 0.5) is 0 Å². The number of ether oxygens (including phenoxy) is 2. The summed E-state index contributed by atoms with van der Waals surface area (Å²) in [5, 5.41) is 22.7. The normalized spacial score (nSPS) is 28.1. The maximum atomic E-state index is 11.6. The summed E-state index contributed by atoms with van der Waals surface area (Å²) in [6.45, 7) is 2.96. The number of carbonyl (C=O) groups is 1. The number of esters is 1. The Bertz CT molecular complexity index is 289. The molecule has 20 heavy (non-hydrogen) atoms. The van der Waals surface area contributed by atoms with E-state index in [0.717, 1.165) is 0 Å². The van der Waals surface area contributed by atoms with E-state index in [1.807, 2.05) is 0 Å². The third-order valence-corrected chi connectivity index (χ3v) is 3.84. The number of hydrogen-bond donors (Lipinski definition) is 3. The standard InChI is InChI=1S/C14H27NO5/c1-3-20-13(17)11-4-6-14(18,7-5-11)10-15-12(8-16)9-19-2/h11-12,15-16,18H,3-10H2,1-2H3. The molecule has 6 nitrogen and oxygen atoms in total. The van der Waals surface area contributed by atoms with E-state index < -0.39 is 5.60 Å². The summed E-state index contributed by atoms with van der Waals surface area (Å²) in [5.74, 6) is -0.252. The van der Waals surface area contributed by atoms with Crippen molar-refractivity contribution in [1.29, 1.82) is 0 Å². The van der Waals surface area contributed by atoms with Crippen LogP contribution in [0.2, 0.25) is 0 Å². The van der Waals surface area contributed by atoms with E-state index in [-0.39, 0.29) is 24.5 Å². The maximum absolute atomic E-state index is 11.6. The maximum Gasteiger partial charge on any atom is 0.308 e. The molecule has 1 saturated carbocycles. The van der Waals surface area contributed by atoms with Gasteiger partial charge in [-0.05, 0) is 32.6 Å². The van der Waals surface area contributed by atoms with E-state index in [9.17, 15) is 9.90 Å². The van der Waals surface area contributed by atoms with Crippen molar-refractivity contribution in [2.45, 2.75) is 44.2 Å². The summed E-state index contributed by atoms with van der Waals surface area (Å²) < 4.78 is 9.99. The van der Waals surface area contributed by atoms with Crippen LogP contribution >= 0.6 is 0 Å². The molecule has 1 aliphatic carbocycles. The second-order valence-corrected chi connectivity index (χ2v) is 5.47. The molecular formula is C14H27NO5. The molecule has 1 aliphatic rings. The van der Waals surface area contributed by atoms with Gasteiger partial charge in [-0.25, -0.2) is 0 Å². The van der Waals surface area contributed by atoms with Gasteiger partial charge in [-0.3, -0.25) is 4.79 Å². The number of carbonyl (C=O) groups excluding carboxylic acids is 1. The van der Waals surface area contributed by atoms with E-state index in [1.54, 1.807) is 14.0 Å². The molecule has 6 heteroatoms. The first-order valence-corrected chi connectivity index (χ1v) is 7.27. The number of aliphatic hydroxyl groups excluding tert-OH is 1. The van der Waals surface area contributed by atoms with Crippen LogP contribution in [0.1, 0.15) is 32.6 Å². The van der Waals surface area contributed by atoms with E-state index >= 15 is 0 Å². The molecule has 0 spiro atoms. The minimum Gasteiger partial charge on any atom is -0.466 e. The Balaban J connectivity index is 2.36. The molecule has 0 aromatic heterocycles. The van der Waals surface area contributed by atoms with Crippen molar-refractivity contribution in [3.05, 3.63) is 0 Å². The number of rotatable bonds is 8. The molecule has 1 atom stereocenters.